The third kappa shape index (κ3) is 5.00. The molecule has 0 bridgehead atoms. The number of carboxylic acid groups (broad SMARTS) is 1. The smallest absolute Gasteiger partial charge is 0.337 e. The van der Waals surface area contributed by atoms with Gasteiger partial charge in [-0.1, -0.05) is 22.0 Å². The fourth-order valence-corrected chi connectivity index (χ4v) is 2.91. The summed E-state index contributed by atoms with van der Waals surface area (Å²) in [5, 5.41) is 11.8. The molecule has 0 spiro atoms. The lowest BCUT2D eigenvalue weighted by atomic mass is 10.2. The molecule has 1 saturated heterocycles. The first kappa shape index (κ1) is 20.1. The van der Waals surface area contributed by atoms with Gasteiger partial charge in [-0.05, 0) is 38.1 Å². The summed E-state index contributed by atoms with van der Waals surface area (Å²) in [6, 6.07) is 4.55. The molecule has 1 amide bonds. The van der Waals surface area contributed by atoms with Crippen molar-refractivity contribution in [3.8, 4) is 0 Å². The molecular formula is C19H18BrN3O5. The highest BCUT2D eigenvalue weighted by molar-refractivity contribution is 9.10. The van der Waals surface area contributed by atoms with Gasteiger partial charge in [-0.2, -0.15) is 0 Å². The molecule has 2 aromatic rings. The van der Waals surface area contributed by atoms with E-state index >= 15 is 0 Å². The molecule has 0 aliphatic carbocycles. The Morgan fingerprint density at radius 1 is 1.32 bits per heavy atom. The standard InChI is InChI=1S/C19H18BrN3O5/c1-19(2)27-10-13(28-19)5-4-12-8-22-16(9-21-12)17(24)23-15-6-3-11(20)7-14(15)18(25)26/h3-9,13H,10H2,1-2H3,(H,23,24)(H,25,26)/b5-4+. The first-order valence-electron chi connectivity index (χ1n) is 8.40. The number of hydrogen-bond donors (Lipinski definition) is 2. The van der Waals surface area contributed by atoms with E-state index in [4.69, 9.17) is 9.47 Å². The second kappa shape index (κ2) is 8.17. The number of amides is 1. The summed E-state index contributed by atoms with van der Waals surface area (Å²) in [5.74, 6) is -2.31. The zero-order valence-corrected chi connectivity index (χ0v) is 16.8. The molecule has 1 aromatic carbocycles. The summed E-state index contributed by atoms with van der Waals surface area (Å²) in [5.41, 5.74) is 0.766. The zero-order valence-electron chi connectivity index (χ0n) is 15.2. The predicted octanol–water partition coefficient (Wildman–Crippen LogP) is 3.35. The maximum absolute atomic E-state index is 12.4. The summed E-state index contributed by atoms with van der Waals surface area (Å²) in [4.78, 5) is 31.9. The number of anilines is 1. The maximum atomic E-state index is 12.4. The summed E-state index contributed by atoms with van der Waals surface area (Å²) >= 11 is 3.21. The Balaban J connectivity index is 1.67. The minimum absolute atomic E-state index is 0.0306. The molecular weight excluding hydrogens is 430 g/mol. The van der Waals surface area contributed by atoms with Crippen LogP contribution >= 0.6 is 15.9 Å². The number of nitrogens with one attached hydrogen (secondary N) is 1. The summed E-state index contributed by atoms with van der Waals surface area (Å²) in [6.07, 6.45) is 6.16. The van der Waals surface area contributed by atoms with Crippen LogP contribution in [0.1, 0.15) is 40.4 Å². The lowest BCUT2D eigenvalue weighted by Crippen LogP contribution is -2.20. The molecule has 1 unspecified atom stereocenters. The molecule has 8 nitrogen and oxygen atoms in total. The highest BCUT2D eigenvalue weighted by atomic mass is 79.9. The SMILES string of the molecule is CC1(C)OCC(/C=C/c2cnc(C(=O)Nc3ccc(Br)cc3C(=O)O)cn2)O1. The topological polar surface area (TPSA) is 111 Å². The van der Waals surface area contributed by atoms with Crippen LogP contribution in [0.4, 0.5) is 5.69 Å². The van der Waals surface area contributed by atoms with Crippen LogP contribution in [-0.2, 0) is 9.47 Å². The van der Waals surface area contributed by atoms with Crippen LogP contribution in [0.25, 0.3) is 6.08 Å². The zero-order chi connectivity index (χ0) is 20.3. The molecule has 0 radical (unpaired) electrons. The molecule has 146 valence electrons. The number of aromatic nitrogens is 2. The summed E-state index contributed by atoms with van der Waals surface area (Å²) in [7, 11) is 0. The lowest BCUT2D eigenvalue weighted by Gasteiger charge is -2.15. The van der Waals surface area contributed by atoms with Gasteiger partial charge in [0.05, 0.1) is 35.9 Å². The van der Waals surface area contributed by atoms with Crippen molar-refractivity contribution in [2.45, 2.75) is 25.7 Å². The molecule has 1 fully saturated rings. The van der Waals surface area contributed by atoms with E-state index in [1.54, 1.807) is 12.1 Å². The third-order valence-electron chi connectivity index (χ3n) is 3.88. The molecule has 28 heavy (non-hydrogen) atoms. The van der Waals surface area contributed by atoms with Crippen LogP contribution < -0.4 is 5.32 Å². The van der Waals surface area contributed by atoms with E-state index in [0.717, 1.165) is 0 Å². The van der Waals surface area contributed by atoms with E-state index in [-0.39, 0.29) is 23.0 Å². The molecule has 1 aliphatic heterocycles. The van der Waals surface area contributed by atoms with Crippen LogP contribution in [-0.4, -0.2) is 45.4 Å². The van der Waals surface area contributed by atoms with Crippen molar-refractivity contribution in [3.05, 3.63) is 58.1 Å². The van der Waals surface area contributed by atoms with Gasteiger partial charge in [0.25, 0.3) is 5.91 Å². The van der Waals surface area contributed by atoms with Gasteiger partial charge in [0, 0.05) is 4.47 Å². The van der Waals surface area contributed by atoms with Crippen molar-refractivity contribution >= 4 is 39.6 Å². The van der Waals surface area contributed by atoms with Gasteiger partial charge >= 0.3 is 5.97 Å². The Labute approximate surface area is 169 Å². The minimum Gasteiger partial charge on any atom is -0.478 e. The van der Waals surface area contributed by atoms with Crippen molar-refractivity contribution in [3.63, 3.8) is 0 Å². The van der Waals surface area contributed by atoms with Gasteiger partial charge in [-0.25, -0.2) is 9.78 Å². The number of carbonyl (C=O) groups is 2. The van der Waals surface area contributed by atoms with Gasteiger partial charge in [0.2, 0.25) is 0 Å². The minimum atomic E-state index is -1.15. The van der Waals surface area contributed by atoms with Gasteiger partial charge in [0.15, 0.2) is 5.79 Å². The highest BCUT2D eigenvalue weighted by Gasteiger charge is 2.30. The van der Waals surface area contributed by atoms with E-state index in [2.05, 4.69) is 31.2 Å². The molecule has 1 aliphatic rings. The number of rotatable bonds is 5. The maximum Gasteiger partial charge on any atom is 0.337 e. The van der Waals surface area contributed by atoms with Gasteiger partial charge in [-0.3, -0.25) is 9.78 Å². The van der Waals surface area contributed by atoms with Crippen LogP contribution in [0, 0.1) is 0 Å². The number of halogens is 1. The number of nitrogens with zero attached hydrogens (tertiary/aromatic N) is 2. The third-order valence-corrected chi connectivity index (χ3v) is 4.37. The second-order valence-electron chi connectivity index (χ2n) is 6.50. The van der Waals surface area contributed by atoms with Crippen LogP contribution in [0.3, 0.4) is 0 Å². The van der Waals surface area contributed by atoms with Gasteiger partial charge in [0.1, 0.15) is 11.8 Å². The molecule has 9 heteroatoms. The fourth-order valence-electron chi connectivity index (χ4n) is 2.55. The Morgan fingerprint density at radius 2 is 2.11 bits per heavy atom. The van der Waals surface area contributed by atoms with Crippen LogP contribution in [0.15, 0.2) is 41.1 Å². The average Bonchev–Trinajstić information content (AvgIpc) is 3.00. The van der Waals surface area contributed by atoms with E-state index < -0.39 is 17.7 Å². The average molecular weight is 448 g/mol. The number of hydrogen-bond acceptors (Lipinski definition) is 6. The number of carbonyl (C=O) groups excluding carboxylic acids is 1. The van der Waals surface area contributed by atoms with Crippen molar-refractivity contribution in [2.75, 3.05) is 11.9 Å². The first-order valence-corrected chi connectivity index (χ1v) is 9.19. The summed E-state index contributed by atoms with van der Waals surface area (Å²) < 4.78 is 11.7. The lowest BCUT2D eigenvalue weighted by molar-refractivity contribution is -0.133. The Morgan fingerprint density at radius 3 is 2.71 bits per heavy atom. The van der Waals surface area contributed by atoms with Crippen molar-refractivity contribution in [1.29, 1.82) is 0 Å². The Bertz CT molecular complexity index is 928. The van der Waals surface area contributed by atoms with E-state index in [1.807, 2.05) is 19.9 Å². The van der Waals surface area contributed by atoms with Gasteiger partial charge in [-0.15, -0.1) is 0 Å². The Hall–Kier alpha value is -2.62. The fraction of sp³-hybridized carbons (Fsp3) is 0.263. The second-order valence-corrected chi connectivity index (χ2v) is 7.42. The number of benzene rings is 1. The monoisotopic (exact) mass is 447 g/mol. The molecule has 1 aromatic heterocycles. The van der Waals surface area contributed by atoms with Crippen LogP contribution in [0.2, 0.25) is 0 Å². The first-order chi connectivity index (χ1) is 13.2. The highest BCUT2D eigenvalue weighted by Crippen LogP contribution is 2.23. The molecule has 2 heterocycles. The van der Waals surface area contributed by atoms with Crippen molar-refractivity contribution in [1.82, 2.24) is 9.97 Å². The van der Waals surface area contributed by atoms with Crippen LogP contribution in [0.5, 0.6) is 0 Å². The quantitative estimate of drug-likeness (QED) is 0.722. The van der Waals surface area contributed by atoms with Crippen molar-refractivity contribution in [2.24, 2.45) is 0 Å². The molecule has 2 N–H and O–H groups in total. The number of ether oxygens (including phenoxy) is 2. The predicted molar refractivity (Wildman–Crippen MR) is 105 cm³/mol. The van der Waals surface area contributed by atoms with Crippen molar-refractivity contribution < 1.29 is 24.2 Å². The molecule has 3 rings (SSSR count). The molecule has 0 saturated carbocycles. The summed E-state index contributed by atoms with van der Waals surface area (Å²) in [6.45, 7) is 4.14. The van der Waals surface area contributed by atoms with Gasteiger partial charge < -0.3 is 19.9 Å². The Kier molecular flexibility index (Phi) is 5.87. The largest absolute Gasteiger partial charge is 0.478 e. The van der Waals surface area contributed by atoms with E-state index in [1.165, 1.54) is 24.5 Å². The number of aromatic carboxylic acids is 1. The normalized spacial score (nSPS) is 18.3. The molecule has 1 atom stereocenters. The van der Waals surface area contributed by atoms with E-state index in [0.29, 0.717) is 16.8 Å². The number of carboxylic acids is 1. The van der Waals surface area contributed by atoms with E-state index in [9.17, 15) is 14.7 Å².